The zero-order chi connectivity index (χ0) is 23.5. The van der Waals surface area contributed by atoms with E-state index in [1.54, 1.807) is 13.0 Å². The minimum Gasteiger partial charge on any atom is -0.488 e. The maximum atomic E-state index is 13.6. The summed E-state index contributed by atoms with van der Waals surface area (Å²) in [7, 11) is 0. The number of halogens is 4. The Labute approximate surface area is 180 Å². The van der Waals surface area contributed by atoms with E-state index in [9.17, 15) is 27.2 Å². The first-order valence-corrected chi connectivity index (χ1v) is 9.53. The summed E-state index contributed by atoms with van der Waals surface area (Å²) in [6.07, 6.45) is -4.66. The average molecular weight is 449 g/mol. The van der Waals surface area contributed by atoms with E-state index in [1.165, 1.54) is 43.3 Å². The molecule has 6 nitrogen and oxygen atoms in total. The predicted molar refractivity (Wildman–Crippen MR) is 108 cm³/mol. The summed E-state index contributed by atoms with van der Waals surface area (Å²) in [5, 5.41) is 6.38. The molecular formula is C22H19F4N3O3. The van der Waals surface area contributed by atoms with Crippen molar-refractivity contribution in [2.45, 2.75) is 26.1 Å². The number of nitrogens with one attached hydrogen (secondary N) is 1. The molecule has 3 aromatic rings. The number of benzene rings is 2. The number of aromatic nitrogens is 2. The smallest absolute Gasteiger partial charge is 0.418 e. The maximum Gasteiger partial charge on any atom is 0.418 e. The quantitative estimate of drug-likeness (QED) is 0.580. The lowest BCUT2D eigenvalue weighted by Gasteiger charge is -2.18. The van der Waals surface area contributed by atoms with Gasteiger partial charge in [0.25, 0.3) is 5.91 Å². The van der Waals surface area contributed by atoms with E-state index < -0.39 is 40.6 Å². The van der Waals surface area contributed by atoms with Crippen molar-refractivity contribution in [2.75, 3.05) is 6.61 Å². The van der Waals surface area contributed by atoms with Crippen molar-refractivity contribution in [3.8, 4) is 11.4 Å². The lowest BCUT2D eigenvalue weighted by Crippen LogP contribution is -2.40. The molecule has 0 saturated heterocycles. The highest BCUT2D eigenvalue weighted by Gasteiger charge is 2.34. The number of nitrogens with zero attached hydrogens (tertiary/aromatic N) is 2. The summed E-state index contributed by atoms with van der Waals surface area (Å²) < 4.78 is 60.1. The average Bonchev–Trinajstić information content (AvgIpc) is 2.72. The standard InChI is InChI=1S/C22H19F4N3O3/c1-13(12-32-19-10-6-4-8-16(19)23)27-21(31)20-18(30)11-14(2)29(28-20)17-9-5-3-7-15(17)22(24,25)26/h3-11,13H,12H2,1-2H3,(H,27,31)/t13-/m0/s1. The van der Waals surface area contributed by atoms with Crippen LogP contribution < -0.4 is 15.5 Å². The minimum atomic E-state index is -4.66. The minimum absolute atomic E-state index is 0.00632. The van der Waals surface area contributed by atoms with E-state index in [0.29, 0.717) is 0 Å². The fourth-order valence-corrected chi connectivity index (χ4v) is 2.96. The third kappa shape index (κ3) is 5.13. The normalized spacial score (nSPS) is 12.3. The van der Waals surface area contributed by atoms with Crippen molar-refractivity contribution < 1.29 is 27.1 Å². The Hall–Kier alpha value is -3.69. The van der Waals surface area contributed by atoms with Crippen LogP contribution >= 0.6 is 0 Å². The van der Waals surface area contributed by atoms with Gasteiger partial charge in [-0.3, -0.25) is 9.59 Å². The molecule has 0 unspecified atom stereocenters. The van der Waals surface area contributed by atoms with Crippen LogP contribution in [0, 0.1) is 12.7 Å². The van der Waals surface area contributed by atoms with Gasteiger partial charge >= 0.3 is 6.18 Å². The Morgan fingerprint density at radius 3 is 2.50 bits per heavy atom. The van der Waals surface area contributed by atoms with Crippen LogP contribution in [0.2, 0.25) is 0 Å². The number of carbonyl (C=O) groups excluding carboxylic acids is 1. The monoisotopic (exact) mass is 449 g/mol. The Morgan fingerprint density at radius 1 is 1.16 bits per heavy atom. The molecule has 10 heteroatoms. The lowest BCUT2D eigenvalue weighted by atomic mass is 10.1. The third-order valence-electron chi connectivity index (χ3n) is 4.46. The topological polar surface area (TPSA) is 73.2 Å². The number of aryl methyl sites for hydroxylation is 1. The van der Waals surface area contributed by atoms with Crippen molar-refractivity contribution in [3.05, 3.63) is 87.6 Å². The van der Waals surface area contributed by atoms with Crippen LogP contribution in [0.3, 0.4) is 0 Å². The summed E-state index contributed by atoms with van der Waals surface area (Å²) >= 11 is 0. The van der Waals surface area contributed by atoms with Crippen molar-refractivity contribution >= 4 is 5.91 Å². The number of rotatable bonds is 6. The zero-order valence-corrected chi connectivity index (χ0v) is 17.1. The van der Waals surface area contributed by atoms with E-state index in [2.05, 4.69) is 10.4 Å². The number of alkyl halides is 3. The number of para-hydroxylation sites is 2. The van der Waals surface area contributed by atoms with E-state index in [-0.39, 0.29) is 23.7 Å². The first-order valence-electron chi connectivity index (χ1n) is 9.53. The lowest BCUT2D eigenvalue weighted by molar-refractivity contribution is -0.137. The molecule has 0 aliphatic carbocycles. The number of hydrogen-bond acceptors (Lipinski definition) is 4. The Balaban J connectivity index is 1.84. The van der Waals surface area contributed by atoms with Crippen LogP contribution in [0.5, 0.6) is 5.75 Å². The fraction of sp³-hybridized carbons (Fsp3) is 0.227. The van der Waals surface area contributed by atoms with Gasteiger partial charge in [-0.25, -0.2) is 9.07 Å². The first kappa shape index (κ1) is 23.0. The molecule has 0 spiro atoms. The molecule has 0 bridgehead atoms. The highest BCUT2D eigenvalue weighted by Crippen LogP contribution is 2.33. The molecule has 2 aromatic carbocycles. The second-order valence-electron chi connectivity index (χ2n) is 7.04. The van der Waals surface area contributed by atoms with E-state index in [4.69, 9.17) is 4.74 Å². The predicted octanol–water partition coefficient (Wildman–Crippen LogP) is 3.90. The van der Waals surface area contributed by atoms with Gasteiger partial charge in [-0.15, -0.1) is 0 Å². The summed E-state index contributed by atoms with van der Waals surface area (Å²) in [5.74, 6) is -1.47. The Bertz CT molecular complexity index is 1190. The van der Waals surface area contributed by atoms with Crippen LogP contribution in [0.25, 0.3) is 5.69 Å². The van der Waals surface area contributed by atoms with E-state index >= 15 is 0 Å². The van der Waals surface area contributed by atoms with Gasteiger partial charge in [0.2, 0.25) is 5.43 Å². The van der Waals surface area contributed by atoms with Crippen molar-refractivity contribution in [3.63, 3.8) is 0 Å². The number of ether oxygens (including phenoxy) is 1. The number of carbonyl (C=O) groups is 1. The molecule has 1 amide bonds. The molecule has 0 aliphatic rings. The molecule has 168 valence electrons. The van der Waals surface area contributed by atoms with Gasteiger partial charge in [-0.2, -0.15) is 18.3 Å². The zero-order valence-electron chi connectivity index (χ0n) is 17.1. The van der Waals surface area contributed by atoms with Crippen LogP contribution in [0.1, 0.15) is 28.7 Å². The van der Waals surface area contributed by atoms with Gasteiger partial charge in [0.05, 0.1) is 17.3 Å². The summed E-state index contributed by atoms with van der Waals surface area (Å²) in [6.45, 7) is 2.86. The molecule has 3 rings (SSSR count). The molecule has 1 N–H and O–H groups in total. The first-order chi connectivity index (χ1) is 15.1. The molecule has 0 aliphatic heterocycles. The van der Waals surface area contributed by atoms with Crippen molar-refractivity contribution in [2.24, 2.45) is 0 Å². The van der Waals surface area contributed by atoms with Gasteiger partial charge in [-0.05, 0) is 38.1 Å². The second kappa shape index (κ2) is 9.21. The van der Waals surface area contributed by atoms with Gasteiger partial charge < -0.3 is 10.1 Å². The third-order valence-corrected chi connectivity index (χ3v) is 4.46. The van der Waals surface area contributed by atoms with Gasteiger partial charge in [0.15, 0.2) is 17.3 Å². The summed E-state index contributed by atoms with van der Waals surface area (Å²) in [5.41, 5.74) is -2.48. The van der Waals surface area contributed by atoms with Gasteiger partial charge in [0, 0.05) is 11.8 Å². The fourth-order valence-electron chi connectivity index (χ4n) is 2.96. The molecule has 0 saturated carbocycles. The number of amides is 1. The molecule has 1 atom stereocenters. The highest BCUT2D eigenvalue weighted by molar-refractivity contribution is 5.92. The van der Waals surface area contributed by atoms with Gasteiger partial charge in [-0.1, -0.05) is 24.3 Å². The highest BCUT2D eigenvalue weighted by atomic mass is 19.4. The van der Waals surface area contributed by atoms with Crippen LogP contribution in [0.4, 0.5) is 17.6 Å². The largest absolute Gasteiger partial charge is 0.488 e. The van der Waals surface area contributed by atoms with E-state index in [0.717, 1.165) is 16.8 Å². The molecule has 1 heterocycles. The second-order valence-corrected chi connectivity index (χ2v) is 7.04. The molecular weight excluding hydrogens is 430 g/mol. The van der Waals surface area contributed by atoms with Crippen molar-refractivity contribution in [1.82, 2.24) is 15.1 Å². The SMILES string of the molecule is Cc1cc(=O)c(C(=O)N[C@@H](C)COc2ccccc2F)nn1-c1ccccc1C(F)(F)F. The van der Waals surface area contributed by atoms with Gasteiger partial charge in [0.1, 0.15) is 6.61 Å². The van der Waals surface area contributed by atoms with Crippen molar-refractivity contribution in [1.29, 1.82) is 0 Å². The molecule has 1 aromatic heterocycles. The Kier molecular flexibility index (Phi) is 6.61. The number of hydrogen-bond donors (Lipinski definition) is 1. The molecule has 0 fully saturated rings. The van der Waals surface area contributed by atoms with Crippen LogP contribution in [-0.4, -0.2) is 28.3 Å². The maximum absolute atomic E-state index is 13.6. The molecule has 0 radical (unpaired) electrons. The Morgan fingerprint density at radius 2 is 1.81 bits per heavy atom. The van der Waals surface area contributed by atoms with Crippen LogP contribution in [-0.2, 0) is 6.18 Å². The molecule has 32 heavy (non-hydrogen) atoms. The summed E-state index contributed by atoms with van der Waals surface area (Å²) in [6, 6.07) is 10.8. The van der Waals surface area contributed by atoms with E-state index in [1.807, 2.05) is 0 Å². The van der Waals surface area contributed by atoms with Crippen LogP contribution in [0.15, 0.2) is 59.4 Å². The summed E-state index contributed by atoms with van der Waals surface area (Å²) in [4.78, 5) is 24.9.